The van der Waals surface area contributed by atoms with Crippen LogP contribution in [0.3, 0.4) is 0 Å². The Balaban J connectivity index is 0.000000341. The number of aryl methyl sites for hydroxylation is 3. The van der Waals surface area contributed by atoms with E-state index in [1.54, 1.807) is 6.42 Å². The Hall–Kier alpha value is -2.34. The van der Waals surface area contributed by atoms with Gasteiger partial charge < -0.3 is 0 Å². The van der Waals surface area contributed by atoms with Crippen molar-refractivity contribution < 1.29 is 0 Å². The van der Waals surface area contributed by atoms with Crippen LogP contribution in [0.2, 0.25) is 0 Å². The quantitative estimate of drug-likeness (QED) is 0.239. The van der Waals surface area contributed by atoms with Crippen LogP contribution in [-0.4, -0.2) is 0 Å². The van der Waals surface area contributed by atoms with E-state index in [9.17, 15) is 0 Å². The second-order valence-corrected chi connectivity index (χ2v) is 16.8. The highest BCUT2D eigenvalue weighted by Crippen LogP contribution is 2.38. The standard InChI is InChI=1S/C15H28.C15H16.C8H16.C8H10.2C3H8/c2*1-12-3-7-14(8-4-12)11-15-9-5-13(2)6-10-15;2*1-2-8-6-4-3-5-7-8;2*1-3-2/h12-15H,3-11H2,1-2H3;3-10H,11H2,1-2H3;8H,2-7H2,1H3;3-7H,2H2,1H3;2*3H2,1-2H3. The van der Waals surface area contributed by atoms with Gasteiger partial charge in [0.05, 0.1) is 0 Å². The van der Waals surface area contributed by atoms with E-state index < -0.39 is 0 Å². The van der Waals surface area contributed by atoms with E-state index in [0.29, 0.717) is 0 Å². The lowest BCUT2D eigenvalue weighted by Crippen LogP contribution is -2.19. The van der Waals surface area contributed by atoms with Crippen LogP contribution < -0.4 is 0 Å². The van der Waals surface area contributed by atoms with Crippen LogP contribution in [0.15, 0.2) is 78.9 Å². The summed E-state index contributed by atoms with van der Waals surface area (Å²) in [5, 5.41) is 0. The summed E-state index contributed by atoms with van der Waals surface area (Å²) in [6, 6.07) is 28.0. The van der Waals surface area contributed by atoms with Crippen molar-refractivity contribution in [3.8, 4) is 0 Å². The molecular formula is C52H86. The lowest BCUT2D eigenvalue weighted by Gasteiger charge is -2.32. The summed E-state index contributed by atoms with van der Waals surface area (Å²) in [6.45, 7) is 22.1. The summed E-state index contributed by atoms with van der Waals surface area (Å²) >= 11 is 0. The molecule has 0 heteroatoms. The number of rotatable bonds is 6. The normalized spacial score (nSPS) is 21.0. The minimum absolute atomic E-state index is 1.02. The largest absolute Gasteiger partial charge is 0.0656 e. The molecule has 3 aliphatic rings. The molecule has 294 valence electrons. The first kappa shape index (κ1) is 47.7. The summed E-state index contributed by atoms with van der Waals surface area (Å²) in [5.41, 5.74) is 6.81. The van der Waals surface area contributed by atoms with Crippen molar-refractivity contribution in [3.05, 3.63) is 107 Å². The number of hydrogen-bond acceptors (Lipinski definition) is 0. The summed E-state index contributed by atoms with van der Waals surface area (Å²) in [6.07, 6.45) is 27.3. The predicted octanol–water partition coefficient (Wildman–Crippen LogP) is 17.0. The molecule has 0 heterocycles. The fourth-order valence-corrected chi connectivity index (χ4v) is 7.56. The third-order valence-electron chi connectivity index (χ3n) is 11.1. The molecule has 3 aliphatic carbocycles. The van der Waals surface area contributed by atoms with Gasteiger partial charge in [0, 0.05) is 0 Å². The maximum Gasteiger partial charge on any atom is -0.00258 e. The molecule has 0 aromatic heterocycles. The Morgan fingerprint density at radius 2 is 0.808 bits per heavy atom. The SMILES string of the molecule is CC1CCC(CC2CCC(C)CC2)CC1.CCC.CCC.CCC1CCCCC1.CCc1ccccc1.Cc1ccc(Cc2ccc(C)cc2)cc1. The molecule has 52 heavy (non-hydrogen) atoms. The van der Waals surface area contributed by atoms with Crippen LogP contribution in [0.5, 0.6) is 0 Å². The van der Waals surface area contributed by atoms with Crippen LogP contribution in [0.4, 0.5) is 0 Å². The Bertz CT molecular complexity index is 1090. The smallest absolute Gasteiger partial charge is 0.00258 e. The molecule has 0 N–H and O–H groups in total. The Morgan fingerprint density at radius 1 is 0.423 bits per heavy atom. The van der Waals surface area contributed by atoms with Gasteiger partial charge in [0.1, 0.15) is 0 Å². The summed E-state index contributed by atoms with van der Waals surface area (Å²) < 4.78 is 0. The van der Waals surface area contributed by atoms with E-state index in [0.717, 1.165) is 42.4 Å². The zero-order valence-corrected chi connectivity index (χ0v) is 36.3. The van der Waals surface area contributed by atoms with Crippen LogP contribution in [-0.2, 0) is 12.8 Å². The molecule has 0 amide bonds. The predicted molar refractivity (Wildman–Crippen MR) is 237 cm³/mol. The third kappa shape index (κ3) is 24.1. The molecule has 0 aliphatic heterocycles. The van der Waals surface area contributed by atoms with Gasteiger partial charge in [0.25, 0.3) is 0 Å². The molecule has 0 saturated heterocycles. The Labute approximate surface area is 326 Å². The maximum absolute atomic E-state index is 2.43. The first-order chi connectivity index (χ1) is 25.2. The first-order valence-electron chi connectivity index (χ1n) is 22.3. The van der Waals surface area contributed by atoms with E-state index in [-0.39, 0.29) is 0 Å². The third-order valence-corrected chi connectivity index (χ3v) is 11.1. The fraction of sp³-hybridized carbons (Fsp3) is 0.654. The van der Waals surface area contributed by atoms with Crippen molar-refractivity contribution >= 4 is 0 Å². The van der Waals surface area contributed by atoms with Gasteiger partial charge in [-0.1, -0.05) is 248 Å². The van der Waals surface area contributed by atoms with Crippen molar-refractivity contribution in [1.29, 1.82) is 0 Å². The van der Waals surface area contributed by atoms with Crippen molar-refractivity contribution in [2.24, 2.45) is 29.6 Å². The van der Waals surface area contributed by atoms with Gasteiger partial charge in [-0.05, 0) is 79.4 Å². The molecular weight excluding hydrogens is 625 g/mol. The van der Waals surface area contributed by atoms with Gasteiger partial charge in [0.2, 0.25) is 0 Å². The van der Waals surface area contributed by atoms with Crippen LogP contribution >= 0.6 is 0 Å². The van der Waals surface area contributed by atoms with Gasteiger partial charge in [-0.3, -0.25) is 0 Å². The minimum Gasteiger partial charge on any atom is -0.0656 e. The van der Waals surface area contributed by atoms with E-state index in [1.807, 2.05) is 6.07 Å². The Kier molecular flexibility index (Phi) is 28.5. The average molecular weight is 711 g/mol. The topological polar surface area (TPSA) is 0 Å². The molecule has 3 fully saturated rings. The molecule has 6 rings (SSSR count). The molecule has 3 aromatic rings. The lowest BCUT2D eigenvalue weighted by molar-refractivity contribution is 0.201. The second kappa shape index (κ2) is 31.1. The first-order valence-corrected chi connectivity index (χ1v) is 22.3. The van der Waals surface area contributed by atoms with Crippen LogP contribution in [0, 0.1) is 43.4 Å². The lowest BCUT2D eigenvalue weighted by atomic mass is 9.74. The molecule has 3 saturated carbocycles. The maximum atomic E-state index is 2.43. The van der Waals surface area contributed by atoms with Gasteiger partial charge in [-0.2, -0.15) is 0 Å². The van der Waals surface area contributed by atoms with E-state index in [4.69, 9.17) is 0 Å². The highest BCUT2D eigenvalue weighted by Gasteiger charge is 2.24. The van der Waals surface area contributed by atoms with Crippen molar-refractivity contribution in [3.63, 3.8) is 0 Å². The molecule has 0 atom stereocenters. The summed E-state index contributed by atoms with van der Waals surface area (Å²) in [4.78, 5) is 0. The molecule has 0 bridgehead atoms. The van der Waals surface area contributed by atoms with Crippen molar-refractivity contribution in [2.75, 3.05) is 0 Å². The van der Waals surface area contributed by atoms with Gasteiger partial charge in [-0.15, -0.1) is 0 Å². The zero-order valence-electron chi connectivity index (χ0n) is 36.3. The van der Waals surface area contributed by atoms with E-state index in [1.165, 1.54) is 131 Å². The van der Waals surface area contributed by atoms with Gasteiger partial charge >= 0.3 is 0 Å². The van der Waals surface area contributed by atoms with Crippen molar-refractivity contribution in [2.45, 2.75) is 191 Å². The molecule has 0 nitrogen and oxygen atoms in total. The van der Waals surface area contributed by atoms with E-state index >= 15 is 0 Å². The van der Waals surface area contributed by atoms with Gasteiger partial charge in [-0.25, -0.2) is 0 Å². The molecule has 0 radical (unpaired) electrons. The molecule has 0 unspecified atom stereocenters. The average Bonchev–Trinajstić information content (AvgIpc) is 3.17. The molecule has 0 spiro atoms. The fourth-order valence-electron chi connectivity index (χ4n) is 7.56. The highest BCUT2D eigenvalue weighted by molar-refractivity contribution is 5.29. The molecule has 3 aromatic carbocycles. The number of benzene rings is 3. The monoisotopic (exact) mass is 711 g/mol. The Morgan fingerprint density at radius 3 is 1.12 bits per heavy atom. The van der Waals surface area contributed by atoms with Gasteiger partial charge in [0.15, 0.2) is 0 Å². The minimum atomic E-state index is 1.02. The number of hydrogen-bond donors (Lipinski definition) is 0. The van der Waals surface area contributed by atoms with Crippen LogP contribution in [0.25, 0.3) is 0 Å². The summed E-state index contributed by atoms with van der Waals surface area (Å²) in [7, 11) is 0. The van der Waals surface area contributed by atoms with Crippen molar-refractivity contribution in [1.82, 2.24) is 0 Å². The second-order valence-electron chi connectivity index (χ2n) is 16.8. The summed E-state index contributed by atoms with van der Waals surface area (Å²) in [5.74, 6) is 5.32. The highest BCUT2D eigenvalue weighted by atomic mass is 14.3. The van der Waals surface area contributed by atoms with E-state index in [2.05, 4.69) is 142 Å². The zero-order chi connectivity index (χ0) is 38.4. The van der Waals surface area contributed by atoms with Crippen LogP contribution in [0.1, 0.15) is 192 Å².